The molecule has 2 atom stereocenters. The molecule has 1 aliphatic carbocycles. The van der Waals surface area contributed by atoms with Crippen molar-refractivity contribution in [2.45, 2.75) is 51.1 Å². The maximum Gasteiger partial charge on any atom is 0.418 e. The molecule has 1 aliphatic heterocycles. The molecule has 2 aromatic carbocycles. The molecule has 3 amide bonds. The Kier molecular flexibility index (Phi) is 6.85. The van der Waals surface area contributed by atoms with Gasteiger partial charge in [0, 0.05) is 30.3 Å². The van der Waals surface area contributed by atoms with Gasteiger partial charge in [0.1, 0.15) is 18.4 Å². The number of carbonyl (C=O) groups is 3. The van der Waals surface area contributed by atoms with Crippen LogP contribution in [0.4, 0.5) is 22.4 Å². The molecule has 7 nitrogen and oxygen atoms in total. The van der Waals surface area contributed by atoms with Gasteiger partial charge >= 0.3 is 12.3 Å². The molecule has 0 radical (unpaired) electrons. The number of rotatable bonds is 6. The third-order valence-electron chi connectivity index (χ3n) is 7.39. The smallest absolute Gasteiger partial charge is 0.418 e. The summed E-state index contributed by atoms with van der Waals surface area (Å²) in [4.78, 5) is 45.0. The van der Waals surface area contributed by atoms with Crippen molar-refractivity contribution in [2.75, 3.05) is 6.54 Å². The first-order valence-corrected chi connectivity index (χ1v) is 12.6. The first kappa shape index (κ1) is 27.3. The lowest BCUT2D eigenvalue weighted by Gasteiger charge is -2.31. The number of hydrogen-bond donors (Lipinski definition) is 0. The first-order valence-electron chi connectivity index (χ1n) is 12.6. The number of amides is 3. The lowest BCUT2D eigenvalue weighted by molar-refractivity contribution is -0.187. The molecule has 0 N–H and O–H groups in total. The predicted octanol–water partition coefficient (Wildman–Crippen LogP) is 5.30. The molecule has 11 heteroatoms. The van der Waals surface area contributed by atoms with Crippen LogP contribution in [0, 0.1) is 12.7 Å². The molecule has 1 saturated heterocycles. The summed E-state index contributed by atoms with van der Waals surface area (Å²) in [7, 11) is 0. The van der Waals surface area contributed by atoms with Crippen LogP contribution in [-0.2, 0) is 32.9 Å². The minimum atomic E-state index is -4.78. The van der Waals surface area contributed by atoms with Crippen LogP contribution in [0.1, 0.15) is 35.6 Å². The van der Waals surface area contributed by atoms with Crippen molar-refractivity contribution in [1.82, 2.24) is 14.8 Å². The Morgan fingerprint density at radius 2 is 1.85 bits per heavy atom. The molecule has 1 aromatic heterocycles. The number of alkyl halides is 3. The van der Waals surface area contributed by atoms with Gasteiger partial charge in [0.05, 0.1) is 5.69 Å². The second kappa shape index (κ2) is 10.0. The van der Waals surface area contributed by atoms with Gasteiger partial charge in [0.2, 0.25) is 11.5 Å². The van der Waals surface area contributed by atoms with Crippen molar-refractivity contribution < 1.29 is 36.7 Å². The van der Waals surface area contributed by atoms with Crippen molar-refractivity contribution >= 4 is 17.9 Å². The number of pyridine rings is 1. The summed E-state index contributed by atoms with van der Waals surface area (Å²) in [5.41, 5.74) is 2.44. The number of carbonyl (C=O) groups excluding carboxylic acids is 3. The summed E-state index contributed by atoms with van der Waals surface area (Å²) in [6.07, 6.45) is -3.63. The Hall–Kier alpha value is -4.28. The van der Waals surface area contributed by atoms with E-state index in [1.54, 1.807) is 18.3 Å². The van der Waals surface area contributed by atoms with Crippen LogP contribution in [-0.4, -0.2) is 51.5 Å². The summed E-state index contributed by atoms with van der Waals surface area (Å²) < 4.78 is 59.8. The molecule has 2 aliphatic rings. The monoisotopic (exact) mass is 555 g/mol. The van der Waals surface area contributed by atoms with E-state index < -0.39 is 54.6 Å². The third-order valence-corrected chi connectivity index (χ3v) is 7.39. The standard InChI is InChI=1S/C29H25F4N3O4/c1-17-10-12-34-24(13-17)21-5-8-23-20(14-21)9-11-28(23)26(38)36(27(39)40-28)16-25(37)35(18(2)29(31,32)33)15-19-3-6-22(30)7-4-19/h3-8,10,12-14,18H,9,11,15-16H2,1-2H3/t18-,28+/m0/s1. The molecule has 5 rings (SSSR count). The highest BCUT2D eigenvalue weighted by Gasteiger charge is 2.58. The molecular formula is C29H25F4N3O4. The summed E-state index contributed by atoms with van der Waals surface area (Å²) in [5.74, 6) is -2.48. The largest absolute Gasteiger partial charge is 0.427 e. The van der Waals surface area contributed by atoms with Crippen LogP contribution in [0.15, 0.2) is 60.8 Å². The van der Waals surface area contributed by atoms with Crippen LogP contribution in [0.5, 0.6) is 0 Å². The highest BCUT2D eigenvalue weighted by atomic mass is 19.4. The van der Waals surface area contributed by atoms with E-state index in [2.05, 4.69) is 4.98 Å². The highest BCUT2D eigenvalue weighted by molar-refractivity contribution is 6.06. The number of halogens is 4. The summed E-state index contributed by atoms with van der Waals surface area (Å²) in [6, 6.07) is 11.5. The second-order valence-electron chi connectivity index (χ2n) is 10.0. The number of fused-ring (bicyclic) bond motifs is 2. The lowest BCUT2D eigenvalue weighted by atomic mass is 9.93. The Bertz CT molecular complexity index is 1490. The second-order valence-corrected chi connectivity index (χ2v) is 10.0. The van der Waals surface area contributed by atoms with Crippen LogP contribution in [0.3, 0.4) is 0 Å². The van der Waals surface area contributed by atoms with E-state index in [1.807, 2.05) is 25.1 Å². The van der Waals surface area contributed by atoms with E-state index in [0.717, 1.165) is 41.4 Å². The van der Waals surface area contributed by atoms with E-state index in [1.165, 1.54) is 12.1 Å². The van der Waals surface area contributed by atoms with Crippen LogP contribution in [0.25, 0.3) is 11.3 Å². The number of benzene rings is 2. The van der Waals surface area contributed by atoms with Gasteiger partial charge in [-0.2, -0.15) is 13.2 Å². The molecule has 1 spiro atoms. The highest BCUT2D eigenvalue weighted by Crippen LogP contribution is 2.46. The molecule has 3 aromatic rings. The Balaban J connectivity index is 1.39. The van der Waals surface area contributed by atoms with Gasteiger partial charge in [-0.25, -0.2) is 14.1 Å². The number of nitrogens with zero attached hydrogens (tertiary/aromatic N) is 3. The van der Waals surface area contributed by atoms with Crippen molar-refractivity contribution in [3.05, 3.63) is 88.9 Å². The van der Waals surface area contributed by atoms with Gasteiger partial charge in [-0.15, -0.1) is 0 Å². The van der Waals surface area contributed by atoms with Gasteiger partial charge in [0.25, 0.3) is 5.91 Å². The van der Waals surface area contributed by atoms with Crippen LogP contribution < -0.4 is 0 Å². The average molecular weight is 556 g/mol. The fraction of sp³-hybridized carbons (Fsp3) is 0.310. The first-order chi connectivity index (χ1) is 18.9. The topological polar surface area (TPSA) is 79.8 Å². The Labute approximate surface area is 227 Å². The summed E-state index contributed by atoms with van der Waals surface area (Å²) in [6.45, 7) is 1.32. The number of aromatic nitrogens is 1. The van der Waals surface area contributed by atoms with Gasteiger partial charge in [-0.3, -0.25) is 14.6 Å². The van der Waals surface area contributed by atoms with E-state index in [-0.39, 0.29) is 12.0 Å². The zero-order valence-corrected chi connectivity index (χ0v) is 21.7. The van der Waals surface area contributed by atoms with Crippen molar-refractivity contribution in [3.63, 3.8) is 0 Å². The molecule has 208 valence electrons. The van der Waals surface area contributed by atoms with Crippen LogP contribution in [0.2, 0.25) is 0 Å². The molecule has 0 bridgehead atoms. The molecule has 0 saturated carbocycles. The molecule has 40 heavy (non-hydrogen) atoms. The van der Waals surface area contributed by atoms with Gasteiger partial charge in [-0.05, 0) is 67.3 Å². The molecule has 2 heterocycles. The minimum absolute atomic E-state index is 0.139. The molecule has 0 unspecified atom stereocenters. The fourth-order valence-corrected chi connectivity index (χ4v) is 5.14. The quantitative estimate of drug-likeness (QED) is 0.386. The Morgan fingerprint density at radius 1 is 1.12 bits per heavy atom. The summed E-state index contributed by atoms with van der Waals surface area (Å²) >= 11 is 0. The van der Waals surface area contributed by atoms with Gasteiger partial charge < -0.3 is 9.64 Å². The van der Waals surface area contributed by atoms with Crippen molar-refractivity contribution in [3.8, 4) is 11.3 Å². The zero-order valence-electron chi connectivity index (χ0n) is 21.7. The molecule has 1 fully saturated rings. The average Bonchev–Trinajstić information content (AvgIpc) is 3.39. The fourth-order valence-electron chi connectivity index (χ4n) is 5.14. The lowest BCUT2D eigenvalue weighted by Crippen LogP contribution is -2.51. The van der Waals surface area contributed by atoms with Crippen molar-refractivity contribution in [2.24, 2.45) is 0 Å². The number of ether oxygens (including phenoxy) is 1. The van der Waals surface area contributed by atoms with E-state index in [9.17, 15) is 31.9 Å². The SMILES string of the molecule is Cc1ccnc(-c2ccc3c(c2)CC[C@@]32OC(=O)N(CC(=O)N(Cc3ccc(F)cc3)[C@@H](C)C(F)(F)F)C2=O)c1. The van der Waals surface area contributed by atoms with Gasteiger partial charge in [0.15, 0.2) is 0 Å². The minimum Gasteiger partial charge on any atom is -0.427 e. The molecular weight excluding hydrogens is 530 g/mol. The summed E-state index contributed by atoms with van der Waals surface area (Å²) in [5, 5.41) is 0. The maximum absolute atomic E-state index is 13.6. The van der Waals surface area contributed by atoms with Gasteiger partial charge in [-0.1, -0.05) is 24.3 Å². The van der Waals surface area contributed by atoms with Crippen molar-refractivity contribution in [1.29, 1.82) is 0 Å². The van der Waals surface area contributed by atoms with Crippen LogP contribution >= 0.6 is 0 Å². The number of hydrogen-bond acceptors (Lipinski definition) is 5. The van der Waals surface area contributed by atoms with E-state index in [0.29, 0.717) is 21.8 Å². The van der Waals surface area contributed by atoms with E-state index in [4.69, 9.17) is 4.74 Å². The normalized spacial score (nSPS) is 19.1. The number of aryl methyl sites for hydroxylation is 2. The number of imide groups is 1. The predicted molar refractivity (Wildman–Crippen MR) is 135 cm³/mol. The zero-order chi connectivity index (χ0) is 28.8. The maximum atomic E-state index is 13.6. The Morgan fingerprint density at radius 3 is 2.52 bits per heavy atom. The third kappa shape index (κ3) is 4.91. The van der Waals surface area contributed by atoms with E-state index >= 15 is 0 Å².